The largest absolute Gasteiger partial charge is 0.497 e. The third kappa shape index (κ3) is 5.78. The maximum Gasteiger partial charge on any atom is 0.260 e. The Morgan fingerprint density at radius 1 is 0.968 bits per heavy atom. The maximum atomic E-state index is 13.4. The van der Waals surface area contributed by atoms with E-state index < -0.39 is 0 Å². The summed E-state index contributed by atoms with van der Waals surface area (Å²) in [7, 11) is 8.79. The van der Waals surface area contributed by atoms with Crippen LogP contribution in [0, 0.1) is 0 Å². The number of hydrogen-bond acceptors (Lipinski definition) is 7. The van der Waals surface area contributed by atoms with E-state index in [9.17, 15) is 4.79 Å². The predicted molar refractivity (Wildman–Crippen MR) is 128 cm³/mol. The van der Waals surface area contributed by atoms with Gasteiger partial charge in [0.1, 0.15) is 5.75 Å². The molecule has 0 fully saturated rings. The van der Waals surface area contributed by atoms with E-state index in [1.807, 2.05) is 32.3 Å². The summed E-state index contributed by atoms with van der Waals surface area (Å²) in [6.45, 7) is 1.43. The van der Waals surface area contributed by atoms with Crippen LogP contribution >= 0.6 is 23.7 Å². The molecule has 0 saturated carbocycles. The van der Waals surface area contributed by atoms with Crippen molar-refractivity contribution in [2.24, 2.45) is 0 Å². The average molecular weight is 466 g/mol. The number of anilines is 1. The molecule has 0 radical (unpaired) electrons. The van der Waals surface area contributed by atoms with Gasteiger partial charge >= 0.3 is 0 Å². The molecule has 1 heterocycles. The number of amides is 1. The van der Waals surface area contributed by atoms with E-state index in [4.69, 9.17) is 19.2 Å². The standard InChI is InChI=1S/C22H27N3O4S.ClH/c1-24(2)11-6-12-25(21(26)15-7-9-18(28-4)19(13-15)29-5)22-23-17-14-16(27-3)8-10-20(17)30-22;/h7-10,13-14H,6,11-12H2,1-5H3;1H. The Morgan fingerprint density at radius 2 is 1.71 bits per heavy atom. The van der Waals surface area contributed by atoms with Crippen LogP contribution in [0.15, 0.2) is 36.4 Å². The fourth-order valence-corrected chi connectivity index (χ4v) is 4.06. The van der Waals surface area contributed by atoms with Crippen molar-refractivity contribution >= 4 is 45.0 Å². The molecule has 0 N–H and O–H groups in total. The zero-order chi connectivity index (χ0) is 21.7. The molecule has 3 aromatic rings. The first-order valence-corrected chi connectivity index (χ1v) is 10.4. The molecule has 0 bridgehead atoms. The summed E-state index contributed by atoms with van der Waals surface area (Å²) in [6, 6.07) is 10.9. The monoisotopic (exact) mass is 465 g/mol. The summed E-state index contributed by atoms with van der Waals surface area (Å²) < 4.78 is 17.0. The number of fused-ring (bicyclic) bond motifs is 1. The van der Waals surface area contributed by atoms with Crippen molar-refractivity contribution < 1.29 is 19.0 Å². The Morgan fingerprint density at radius 3 is 2.35 bits per heavy atom. The molecule has 0 aliphatic heterocycles. The van der Waals surface area contributed by atoms with Gasteiger partial charge in [-0.1, -0.05) is 11.3 Å². The van der Waals surface area contributed by atoms with Gasteiger partial charge in [-0.15, -0.1) is 12.4 Å². The number of halogens is 1. The molecule has 0 aliphatic carbocycles. The lowest BCUT2D eigenvalue weighted by molar-refractivity contribution is 0.0985. The number of carbonyl (C=O) groups excluding carboxylic acids is 1. The van der Waals surface area contributed by atoms with Crippen molar-refractivity contribution in [3.8, 4) is 17.2 Å². The van der Waals surface area contributed by atoms with Gasteiger partial charge in [0.25, 0.3) is 5.91 Å². The first-order chi connectivity index (χ1) is 14.5. The SMILES string of the molecule is COc1ccc2sc(N(CCCN(C)C)C(=O)c3ccc(OC)c(OC)c3)nc2c1.Cl. The van der Waals surface area contributed by atoms with Crippen LogP contribution in [0.2, 0.25) is 0 Å². The van der Waals surface area contributed by atoms with Gasteiger partial charge in [-0.2, -0.15) is 0 Å². The number of aromatic nitrogens is 1. The summed E-state index contributed by atoms with van der Waals surface area (Å²) in [5.74, 6) is 1.72. The quantitative estimate of drug-likeness (QED) is 0.468. The minimum atomic E-state index is -0.124. The molecule has 1 amide bonds. The summed E-state index contributed by atoms with van der Waals surface area (Å²) in [5.41, 5.74) is 1.33. The van der Waals surface area contributed by atoms with Crippen LogP contribution in [0.4, 0.5) is 5.13 Å². The van der Waals surface area contributed by atoms with E-state index in [0.29, 0.717) is 28.7 Å². The van der Waals surface area contributed by atoms with Crippen LogP contribution in [0.1, 0.15) is 16.8 Å². The Balaban J connectivity index is 0.00000341. The van der Waals surface area contributed by atoms with Gasteiger partial charge in [0.05, 0.1) is 31.5 Å². The number of hydrogen-bond donors (Lipinski definition) is 0. The van der Waals surface area contributed by atoms with Crippen LogP contribution in [0.5, 0.6) is 17.2 Å². The van der Waals surface area contributed by atoms with Crippen molar-refractivity contribution in [2.45, 2.75) is 6.42 Å². The number of thiazole rings is 1. The molecule has 7 nitrogen and oxygen atoms in total. The molecular weight excluding hydrogens is 438 g/mol. The van der Waals surface area contributed by atoms with Crippen molar-refractivity contribution in [3.63, 3.8) is 0 Å². The highest BCUT2D eigenvalue weighted by Gasteiger charge is 2.22. The van der Waals surface area contributed by atoms with Gasteiger partial charge < -0.3 is 19.1 Å². The van der Waals surface area contributed by atoms with Gasteiger partial charge in [0.2, 0.25) is 0 Å². The first kappa shape index (κ1) is 24.7. The van der Waals surface area contributed by atoms with Crippen LogP contribution in [-0.4, -0.2) is 64.3 Å². The van der Waals surface area contributed by atoms with E-state index in [2.05, 4.69) is 4.90 Å². The molecule has 31 heavy (non-hydrogen) atoms. The van der Waals surface area contributed by atoms with Gasteiger partial charge in [-0.25, -0.2) is 4.98 Å². The summed E-state index contributed by atoms with van der Waals surface area (Å²) in [5, 5.41) is 0.664. The van der Waals surface area contributed by atoms with E-state index in [1.54, 1.807) is 44.4 Å². The number of methoxy groups -OCH3 is 3. The highest BCUT2D eigenvalue weighted by molar-refractivity contribution is 7.22. The molecule has 0 spiro atoms. The second kappa shape index (κ2) is 11.2. The second-order valence-corrected chi connectivity index (χ2v) is 8.02. The normalized spacial score (nSPS) is 10.6. The Kier molecular flexibility index (Phi) is 8.91. The summed E-state index contributed by atoms with van der Waals surface area (Å²) >= 11 is 1.49. The second-order valence-electron chi connectivity index (χ2n) is 7.01. The molecule has 3 rings (SSSR count). The fraction of sp³-hybridized carbons (Fsp3) is 0.364. The molecule has 0 unspecified atom stereocenters. The minimum absolute atomic E-state index is 0. The predicted octanol–water partition coefficient (Wildman–Crippen LogP) is 4.34. The van der Waals surface area contributed by atoms with Crippen LogP contribution in [0.25, 0.3) is 10.2 Å². The highest BCUT2D eigenvalue weighted by Crippen LogP contribution is 2.33. The van der Waals surface area contributed by atoms with E-state index in [1.165, 1.54) is 11.3 Å². The van der Waals surface area contributed by atoms with Gasteiger partial charge in [0.15, 0.2) is 16.6 Å². The molecule has 168 valence electrons. The Hall–Kier alpha value is -2.55. The van der Waals surface area contributed by atoms with Gasteiger partial charge in [0, 0.05) is 18.2 Å². The summed E-state index contributed by atoms with van der Waals surface area (Å²) in [4.78, 5) is 22.0. The lowest BCUT2D eigenvalue weighted by Gasteiger charge is -2.21. The molecule has 0 atom stereocenters. The van der Waals surface area contributed by atoms with Crippen molar-refractivity contribution in [1.29, 1.82) is 0 Å². The van der Waals surface area contributed by atoms with Crippen LogP contribution < -0.4 is 19.1 Å². The Labute approximate surface area is 192 Å². The van der Waals surface area contributed by atoms with Crippen molar-refractivity contribution in [2.75, 3.05) is 53.4 Å². The number of nitrogens with zero attached hydrogens (tertiary/aromatic N) is 3. The number of benzene rings is 2. The molecule has 9 heteroatoms. The van der Waals surface area contributed by atoms with E-state index in [0.717, 1.165) is 28.9 Å². The molecule has 1 aromatic heterocycles. The zero-order valence-corrected chi connectivity index (χ0v) is 20.0. The Bertz CT molecular complexity index is 1030. The van der Waals surface area contributed by atoms with Gasteiger partial charge in [-0.3, -0.25) is 9.69 Å². The van der Waals surface area contributed by atoms with Gasteiger partial charge in [-0.05, 0) is 57.4 Å². The molecular formula is C22H28ClN3O4S. The topological polar surface area (TPSA) is 64.1 Å². The molecule has 0 aliphatic rings. The molecule has 0 saturated heterocycles. The number of carbonyl (C=O) groups is 1. The lowest BCUT2D eigenvalue weighted by atomic mass is 10.1. The minimum Gasteiger partial charge on any atom is -0.497 e. The van der Waals surface area contributed by atoms with E-state index >= 15 is 0 Å². The van der Waals surface area contributed by atoms with Crippen LogP contribution in [-0.2, 0) is 0 Å². The smallest absolute Gasteiger partial charge is 0.260 e. The number of rotatable bonds is 9. The fourth-order valence-electron chi connectivity index (χ4n) is 3.09. The first-order valence-electron chi connectivity index (χ1n) is 9.60. The summed E-state index contributed by atoms with van der Waals surface area (Å²) in [6.07, 6.45) is 0.825. The van der Waals surface area contributed by atoms with Crippen molar-refractivity contribution in [3.05, 3.63) is 42.0 Å². The van der Waals surface area contributed by atoms with E-state index in [-0.39, 0.29) is 18.3 Å². The lowest BCUT2D eigenvalue weighted by Crippen LogP contribution is -2.33. The van der Waals surface area contributed by atoms with Crippen molar-refractivity contribution in [1.82, 2.24) is 9.88 Å². The third-order valence-electron chi connectivity index (χ3n) is 4.68. The highest BCUT2D eigenvalue weighted by atomic mass is 35.5. The third-order valence-corrected chi connectivity index (χ3v) is 5.74. The maximum absolute atomic E-state index is 13.4. The average Bonchev–Trinajstić information content (AvgIpc) is 3.18. The molecule has 2 aromatic carbocycles. The zero-order valence-electron chi connectivity index (χ0n) is 18.4. The number of ether oxygens (including phenoxy) is 3. The van der Waals surface area contributed by atoms with Crippen LogP contribution in [0.3, 0.4) is 0 Å².